The fraction of sp³-hybridized carbons (Fsp3) is 0.429. The Hall–Kier alpha value is -2.55. The molecular weight excluding hydrogens is 404 g/mol. The number of carbonyl (C=O) groups is 1. The minimum absolute atomic E-state index is 0.102. The van der Waals surface area contributed by atoms with E-state index in [1.54, 1.807) is 11.6 Å². The Morgan fingerprint density at radius 2 is 1.83 bits per heavy atom. The number of hydrogen-bond acceptors (Lipinski definition) is 6. The molecule has 2 aromatic heterocycles. The molecule has 1 aliphatic heterocycles. The van der Waals surface area contributed by atoms with Gasteiger partial charge in [-0.25, -0.2) is 4.52 Å². The van der Waals surface area contributed by atoms with E-state index >= 15 is 0 Å². The van der Waals surface area contributed by atoms with Crippen molar-refractivity contribution in [2.24, 2.45) is 0 Å². The summed E-state index contributed by atoms with van der Waals surface area (Å²) in [5, 5.41) is 14.1. The molecule has 1 saturated heterocycles. The number of ether oxygens (including phenoxy) is 1. The molecule has 0 spiro atoms. The van der Waals surface area contributed by atoms with Crippen molar-refractivity contribution in [1.29, 1.82) is 0 Å². The van der Waals surface area contributed by atoms with E-state index in [1.165, 1.54) is 0 Å². The maximum atomic E-state index is 13.1. The summed E-state index contributed by atoms with van der Waals surface area (Å²) in [6, 6.07) is 7.49. The minimum atomic E-state index is -0.102. The predicted octanol–water partition coefficient (Wildman–Crippen LogP) is 2.68. The molecule has 30 heavy (non-hydrogen) atoms. The van der Waals surface area contributed by atoms with Gasteiger partial charge in [-0.1, -0.05) is 30.7 Å². The zero-order valence-electron chi connectivity index (χ0n) is 17.4. The van der Waals surface area contributed by atoms with Gasteiger partial charge >= 0.3 is 0 Å². The smallest absolute Gasteiger partial charge is 0.276 e. The van der Waals surface area contributed by atoms with Crippen molar-refractivity contribution in [3.8, 4) is 11.1 Å². The number of fused-ring (bicyclic) bond motifs is 1. The maximum Gasteiger partial charge on any atom is 0.276 e. The molecule has 1 aliphatic rings. The Kier molecular flexibility index (Phi) is 5.99. The van der Waals surface area contributed by atoms with Gasteiger partial charge in [-0.2, -0.15) is 5.10 Å². The fourth-order valence-corrected chi connectivity index (χ4v) is 3.94. The van der Waals surface area contributed by atoms with E-state index < -0.39 is 0 Å². The number of hydrogen-bond donors (Lipinski definition) is 0. The van der Waals surface area contributed by atoms with Gasteiger partial charge in [-0.05, 0) is 31.2 Å². The number of aryl methyl sites for hydroxylation is 1. The van der Waals surface area contributed by atoms with Gasteiger partial charge in [0.25, 0.3) is 5.91 Å². The molecule has 0 aliphatic carbocycles. The molecule has 3 heterocycles. The second kappa shape index (κ2) is 8.67. The zero-order chi connectivity index (χ0) is 21.3. The lowest BCUT2D eigenvalue weighted by Gasteiger charge is -2.33. The molecule has 9 heteroatoms. The highest BCUT2D eigenvalue weighted by Gasteiger charge is 2.27. The maximum absolute atomic E-state index is 13.1. The Labute approximate surface area is 180 Å². The van der Waals surface area contributed by atoms with Crippen molar-refractivity contribution in [2.45, 2.75) is 20.5 Å². The van der Waals surface area contributed by atoms with E-state index in [-0.39, 0.29) is 5.91 Å². The van der Waals surface area contributed by atoms with E-state index in [0.29, 0.717) is 41.8 Å². The SMILES string of the molecule is CCN1CCN(C(=O)c2nnc3c(-c4ccc(Cl)cc4)c(COC)nn3c2C)CC1. The molecule has 1 amide bonds. The number of methoxy groups -OCH3 is 1. The van der Waals surface area contributed by atoms with Gasteiger partial charge in [0.05, 0.1) is 23.6 Å². The summed E-state index contributed by atoms with van der Waals surface area (Å²) in [7, 11) is 1.62. The molecule has 158 valence electrons. The first-order valence-electron chi connectivity index (χ1n) is 10.0. The lowest BCUT2D eigenvalue weighted by molar-refractivity contribution is 0.0634. The van der Waals surface area contributed by atoms with Gasteiger partial charge < -0.3 is 14.5 Å². The van der Waals surface area contributed by atoms with Gasteiger partial charge in [-0.3, -0.25) is 4.79 Å². The number of carbonyl (C=O) groups excluding carboxylic acids is 1. The third-order valence-corrected chi connectivity index (χ3v) is 5.81. The number of nitrogens with zero attached hydrogens (tertiary/aromatic N) is 6. The van der Waals surface area contributed by atoms with Crippen LogP contribution in [0.3, 0.4) is 0 Å². The number of rotatable bonds is 5. The van der Waals surface area contributed by atoms with Crippen LogP contribution in [0.2, 0.25) is 5.02 Å². The second-order valence-corrected chi connectivity index (χ2v) is 7.79. The average molecular weight is 429 g/mol. The van der Waals surface area contributed by atoms with E-state index in [0.717, 1.165) is 36.5 Å². The number of benzene rings is 1. The van der Waals surface area contributed by atoms with Crippen LogP contribution in [-0.2, 0) is 11.3 Å². The van der Waals surface area contributed by atoms with Gasteiger partial charge in [0, 0.05) is 38.3 Å². The lowest BCUT2D eigenvalue weighted by atomic mass is 10.1. The monoisotopic (exact) mass is 428 g/mol. The van der Waals surface area contributed by atoms with Gasteiger partial charge in [0.1, 0.15) is 0 Å². The summed E-state index contributed by atoms with van der Waals surface area (Å²) in [5.74, 6) is -0.102. The third kappa shape index (κ3) is 3.78. The van der Waals surface area contributed by atoms with Crippen LogP contribution in [-0.4, -0.2) is 75.4 Å². The average Bonchev–Trinajstić information content (AvgIpc) is 3.13. The topological polar surface area (TPSA) is 75.9 Å². The van der Waals surface area contributed by atoms with Crippen LogP contribution in [0.25, 0.3) is 16.8 Å². The second-order valence-electron chi connectivity index (χ2n) is 7.36. The van der Waals surface area contributed by atoms with E-state index in [2.05, 4.69) is 22.0 Å². The molecule has 0 N–H and O–H groups in total. The van der Waals surface area contributed by atoms with Crippen molar-refractivity contribution in [2.75, 3.05) is 39.8 Å². The van der Waals surface area contributed by atoms with Crippen molar-refractivity contribution >= 4 is 23.2 Å². The quantitative estimate of drug-likeness (QED) is 0.622. The van der Waals surface area contributed by atoms with E-state index in [4.69, 9.17) is 21.4 Å². The van der Waals surface area contributed by atoms with E-state index in [9.17, 15) is 4.79 Å². The summed E-state index contributed by atoms with van der Waals surface area (Å²) in [6.07, 6.45) is 0. The molecule has 1 aromatic carbocycles. The molecular formula is C21H25ClN6O2. The van der Waals surface area contributed by atoms with Crippen LogP contribution in [0.5, 0.6) is 0 Å². The number of piperazine rings is 1. The lowest BCUT2D eigenvalue weighted by Crippen LogP contribution is -2.48. The predicted molar refractivity (Wildman–Crippen MR) is 115 cm³/mol. The third-order valence-electron chi connectivity index (χ3n) is 5.56. The highest BCUT2D eigenvalue weighted by atomic mass is 35.5. The fourth-order valence-electron chi connectivity index (χ4n) is 3.81. The first kappa shape index (κ1) is 20.7. The van der Waals surface area contributed by atoms with Crippen LogP contribution >= 0.6 is 11.6 Å². The van der Waals surface area contributed by atoms with Crippen molar-refractivity contribution < 1.29 is 9.53 Å². The number of likely N-dealkylation sites (N-methyl/N-ethyl adjacent to an activating group) is 1. The van der Waals surface area contributed by atoms with Crippen molar-refractivity contribution in [1.82, 2.24) is 29.6 Å². The molecule has 0 radical (unpaired) electrons. The number of aromatic nitrogens is 4. The summed E-state index contributed by atoms with van der Waals surface area (Å²) >= 11 is 6.05. The Morgan fingerprint density at radius 3 is 2.47 bits per heavy atom. The molecule has 8 nitrogen and oxygen atoms in total. The molecule has 0 unspecified atom stereocenters. The van der Waals surface area contributed by atoms with Crippen molar-refractivity contribution in [3.05, 3.63) is 46.4 Å². The standard InChI is InChI=1S/C21H25ClN6O2/c1-4-26-9-11-27(12-10-26)21(29)19-14(2)28-20(24-23-19)18(17(25-28)13-30-3)15-5-7-16(22)8-6-15/h5-8H,4,9-13H2,1-3H3. The normalized spacial score (nSPS) is 15.1. The first-order chi connectivity index (χ1) is 14.5. The van der Waals surface area contributed by atoms with Crippen LogP contribution in [0, 0.1) is 6.92 Å². The Morgan fingerprint density at radius 1 is 1.13 bits per heavy atom. The molecule has 3 aromatic rings. The summed E-state index contributed by atoms with van der Waals surface area (Å²) in [4.78, 5) is 17.3. The van der Waals surface area contributed by atoms with Crippen LogP contribution in [0.4, 0.5) is 0 Å². The highest BCUT2D eigenvalue weighted by Crippen LogP contribution is 2.30. The van der Waals surface area contributed by atoms with Crippen LogP contribution < -0.4 is 0 Å². The number of amides is 1. The summed E-state index contributed by atoms with van der Waals surface area (Å²) in [6.45, 7) is 8.43. The Balaban J connectivity index is 1.74. The molecule has 0 atom stereocenters. The minimum Gasteiger partial charge on any atom is -0.378 e. The van der Waals surface area contributed by atoms with E-state index in [1.807, 2.05) is 36.1 Å². The van der Waals surface area contributed by atoms with Gasteiger partial charge in [0.15, 0.2) is 11.3 Å². The largest absolute Gasteiger partial charge is 0.378 e. The highest BCUT2D eigenvalue weighted by molar-refractivity contribution is 6.30. The summed E-state index contributed by atoms with van der Waals surface area (Å²) in [5.41, 5.74) is 4.08. The Bertz CT molecular complexity index is 1060. The summed E-state index contributed by atoms with van der Waals surface area (Å²) < 4.78 is 7.04. The number of halogens is 1. The zero-order valence-corrected chi connectivity index (χ0v) is 18.2. The first-order valence-corrected chi connectivity index (χ1v) is 10.4. The molecule has 0 saturated carbocycles. The van der Waals surface area contributed by atoms with Crippen LogP contribution in [0.15, 0.2) is 24.3 Å². The molecule has 0 bridgehead atoms. The molecule has 4 rings (SSSR count). The van der Waals surface area contributed by atoms with Crippen molar-refractivity contribution in [3.63, 3.8) is 0 Å². The van der Waals surface area contributed by atoms with Gasteiger partial charge in [-0.15, -0.1) is 10.2 Å². The van der Waals surface area contributed by atoms with Crippen LogP contribution in [0.1, 0.15) is 28.8 Å². The van der Waals surface area contributed by atoms with Gasteiger partial charge in [0.2, 0.25) is 0 Å². The molecule has 1 fully saturated rings.